The van der Waals surface area contributed by atoms with Crippen molar-refractivity contribution in [3.05, 3.63) is 94.5 Å². The quantitative estimate of drug-likeness (QED) is 0.449. The lowest BCUT2D eigenvalue weighted by molar-refractivity contribution is -0.253. The van der Waals surface area contributed by atoms with Gasteiger partial charge in [0.15, 0.2) is 0 Å². The highest BCUT2D eigenvalue weighted by Gasteiger charge is 2.44. The third kappa shape index (κ3) is 5.14. The van der Waals surface area contributed by atoms with Crippen molar-refractivity contribution in [2.45, 2.75) is 24.4 Å². The minimum Gasteiger partial charge on any atom is -0.428 e. The van der Waals surface area contributed by atoms with Gasteiger partial charge in [-0.1, -0.05) is 41.9 Å². The van der Waals surface area contributed by atoms with Gasteiger partial charge in [-0.05, 0) is 41.8 Å². The third-order valence-corrected chi connectivity index (χ3v) is 5.07. The standard InChI is InChI=1S/C22H18ClF5N2O/c23-16-6-7-19(30-12-16)21(13-29,11-14-4-2-1-3-5-14)15-8-17(24)10-18(9-15)31-22(27,28)20(25)26/h1-10,12,20H,11,13,29H2/t21-/m0/s1. The summed E-state index contributed by atoms with van der Waals surface area (Å²) in [4.78, 5) is 4.31. The topological polar surface area (TPSA) is 48.1 Å². The summed E-state index contributed by atoms with van der Waals surface area (Å²) in [6, 6.07) is 15.0. The molecule has 0 saturated heterocycles. The predicted molar refractivity (Wildman–Crippen MR) is 107 cm³/mol. The van der Waals surface area contributed by atoms with Crippen LogP contribution in [0.4, 0.5) is 22.0 Å². The highest BCUT2D eigenvalue weighted by Crippen LogP contribution is 2.38. The van der Waals surface area contributed by atoms with Crippen molar-refractivity contribution in [3.63, 3.8) is 0 Å². The average Bonchev–Trinajstić information content (AvgIpc) is 2.72. The van der Waals surface area contributed by atoms with E-state index in [0.717, 1.165) is 17.7 Å². The highest BCUT2D eigenvalue weighted by molar-refractivity contribution is 6.30. The van der Waals surface area contributed by atoms with Crippen LogP contribution in [0.1, 0.15) is 16.8 Å². The van der Waals surface area contributed by atoms with Crippen molar-refractivity contribution in [3.8, 4) is 5.75 Å². The van der Waals surface area contributed by atoms with Crippen molar-refractivity contribution in [2.75, 3.05) is 6.54 Å². The van der Waals surface area contributed by atoms with E-state index in [0.29, 0.717) is 16.8 Å². The van der Waals surface area contributed by atoms with Gasteiger partial charge < -0.3 is 10.5 Å². The second-order valence-corrected chi connectivity index (χ2v) is 7.39. The van der Waals surface area contributed by atoms with Gasteiger partial charge in [-0.15, -0.1) is 0 Å². The maximum absolute atomic E-state index is 14.4. The zero-order valence-corrected chi connectivity index (χ0v) is 16.8. The van der Waals surface area contributed by atoms with E-state index in [1.54, 1.807) is 24.3 Å². The molecule has 0 radical (unpaired) electrons. The number of hydrogen-bond acceptors (Lipinski definition) is 3. The van der Waals surface area contributed by atoms with Crippen molar-refractivity contribution >= 4 is 11.6 Å². The summed E-state index contributed by atoms with van der Waals surface area (Å²) < 4.78 is 70.6. The number of halogens is 6. The van der Waals surface area contributed by atoms with Crippen LogP contribution in [-0.2, 0) is 11.8 Å². The number of ether oxygens (including phenoxy) is 1. The molecule has 0 amide bonds. The van der Waals surface area contributed by atoms with Gasteiger partial charge in [-0.3, -0.25) is 4.98 Å². The molecule has 2 N–H and O–H groups in total. The molecule has 0 bridgehead atoms. The first kappa shape index (κ1) is 23.0. The molecular weight excluding hydrogens is 439 g/mol. The van der Waals surface area contributed by atoms with Crippen molar-refractivity contribution in [1.82, 2.24) is 4.98 Å². The molecule has 2 aromatic carbocycles. The highest BCUT2D eigenvalue weighted by atomic mass is 35.5. The van der Waals surface area contributed by atoms with E-state index < -0.39 is 29.5 Å². The molecule has 9 heteroatoms. The Morgan fingerprint density at radius 2 is 1.74 bits per heavy atom. The normalized spacial score (nSPS) is 13.8. The predicted octanol–water partition coefficient (Wildman–Crippen LogP) is 5.60. The fourth-order valence-corrected chi connectivity index (χ4v) is 3.45. The molecule has 1 heterocycles. The molecule has 1 aromatic heterocycles. The molecule has 1 atom stereocenters. The summed E-state index contributed by atoms with van der Waals surface area (Å²) in [7, 11) is 0. The van der Waals surface area contributed by atoms with Gasteiger partial charge >= 0.3 is 12.5 Å². The first-order chi connectivity index (χ1) is 14.7. The Kier molecular flexibility index (Phi) is 6.81. The molecule has 0 aliphatic rings. The van der Waals surface area contributed by atoms with Crippen LogP contribution in [0.25, 0.3) is 0 Å². The average molecular weight is 457 g/mol. The number of benzene rings is 2. The first-order valence-corrected chi connectivity index (χ1v) is 9.56. The molecule has 0 aliphatic heterocycles. The maximum Gasteiger partial charge on any atom is 0.461 e. The fraction of sp³-hybridized carbons (Fsp3) is 0.227. The second-order valence-electron chi connectivity index (χ2n) is 6.95. The van der Waals surface area contributed by atoms with Crippen LogP contribution in [0.5, 0.6) is 5.75 Å². The summed E-state index contributed by atoms with van der Waals surface area (Å²) in [6.45, 7) is -0.0926. The number of rotatable bonds is 8. The smallest absolute Gasteiger partial charge is 0.428 e. The van der Waals surface area contributed by atoms with Crippen LogP contribution in [-0.4, -0.2) is 24.1 Å². The number of pyridine rings is 1. The molecular formula is C22H18ClF5N2O. The molecule has 3 nitrogen and oxygen atoms in total. The Morgan fingerprint density at radius 1 is 1.03 bits per heavy atom. The summed E-state index contributed by atoms with van der Waals surface area (Å²) >= 11 is 5.94. The molecule has 0 spiro atoms. The van der Waals surface area contributed by atoms with E-state index in [4.69, 9.17) is 17.3 Å². The lowest BCUT2D eigenvalue weighted by Crippen LogP contribution is -2.40. The van der Waals surface area contributed by atoms with Crippen LogP contribution in [0.3, 0.4) is 0 Å². The van der Waals surface area contributed by atoms with Gasteiger partial charge in [0.25, 0.3) is 0 Å². The molecule has 0 unspecified atom stereocenters. The fourth-order valence-electron chi connectivity index (χ4n) is 3.34. The van der Waals surface area contributed by atoms with Crippen molar-refractivity contribution in [2.24, 2.45) is 5.73 Å². The Labute approximate surface area is 180 Å². The zero-order valence-electron chi connectivity index (χ0n) is 16.0. The molecule has 31 heavy (non-hydrogen) atoms. The molecule has 0 aliphatic carbocycles. The van der Waals surface area contributed by atoms with Gasteiger partial charge in [-0.2, -0.15) is 17.6 Å². The van der Waals surface area contributed by atoms with Crippen LogP contribution in [0.2, 0.25) is 5.02 Å². The number of aromatic nitrogens is 1. The number of alkyl halides is 4. The summed E-state index contributed by atoms with van der Waals surface area (Å²) in [5.74, 6) is -1.70. The summed E-state index contributed by atoms with van der Waals surface area (Å²) in [5.41, 5.74) is 6.32. The Balaban J connectivity index is 2.16. The SMILES string of the molecule is NC[C@@](Cc1ccccc1)(c1cc(F)cc(OC(F)(F)C(F)F)c1)c1ccc(Cl)cn1. The maximum atomic E-state index is 14.4. The van der Waals surface area contributed by atoms with E-state index in [1.807, 2.05) is 18.2 Å². The van der Waals surface area contributed by atoms with Crippen molar-refractivity contribution < 1.29 is 26.7 Å². The number of hydrogen-bond donors (Lipinski definition) is 1. The molecule has 3 rings (SSSR count). The molecule has 0 saturated carbocycles. The van der Waals surface area contributed by atoms with Gasteiger partial charge in [0.05, 0.1) is 16.1 Å². The number of nitrogens with zero attached hydrogens (tertiary/aromatic N) is 1. The Morgan fingerprint density at radius 3 is 2.32 bits per heavy atom. The van der Waals surface area contributed by atoms with E-state index >= 15 is 0 Å². The van der Waals surface area contributed by atoms with E-state index in [1.165, 1.54) is 6.20 Å². The van der Waals surface area contributed by atoms with Gasteiger partial charge in [0.2, 0.25) is 0 Å². The minimum atomic E-state index is -4.78. The van der Waals surface area contributed by atoms with Gasteiger partial charge in [0, 0.05) is 18.8 Å². The van der Waals surface area contributed by atoms with E-state index in [2.05, 4.69) is 9.72 Å². The van der Waals surface area contributed by atoms with E-state index in [-0.39, 0.29) is 18.5 Å². The van der Waals surface area contributed by atoms with Crippen LogP contribution >= 0.6 is 11.6 Å². The molecule has 164 valence electrons. The third-order valence-electron chi connectivity index (χ3n) is 4.85. The number of nitrogens with two attached hydrogens (primary N) is 1. The monoisotopic (exact) mass is 456 g/mol. The van der Waals surface area contributed by atoms with E-state index in [9.17, 15) is 22.0 Å². The van der Waals surface area contributed by atoms with Crippen LogP contribution in [0.15, 0.2) is 66.9 Å². The van der Waals surface area contributed by atoms with Gasteiger partial charge in [-0.25, -0.2) is 4.39 Å². The van der Waals surface area contributed by atoms with Gasteiger partial charge in [0.1, 0.15) is 11.6 Å². The summed E-state index contributed by atoms with van der Waals surface area (Å²) in [6.07, 6.45) is -7.25. The van der Waals surface area contributed by atoms with Crippen molar-refractivity contribution in [1.29, 1.82) is 0 Å². The first-order valence-electron chi connectivity index (χ1n) is 9.18. The Bertz CT molecular complexity index is 1020. The lowest BCUT2D eigenvalue weighted by Gasteiger charge is -2.33. The largest absolute Gasteiger partial charge is 0.461 e. The minimum absolute atomic E-state index is 0.0926. The lowest BCUT2D eigenvalue weighted by atomic mass is 9.72. The summed E-state index contributed by atoms with van der Waals surface area (Å²) in [5, 5.41) is 0.356. The van der Waals surface area contributed by atoms with Crippen LogP contribution in [0, 0.1) is 5.82 Å². The van der Waals surface area contributed by atoms with Crippen LogP contribution < -0.4 is 10.5 Å². The molecule has 3 aromatic rings. The Hall–Kier alpha value is -2.71. The molecule has 0 fully saturated rings. The second kappa shape index (κ2) is 9.20. The zero-order chi connectivity index (χ0) is 22.6.